The molecule has 0 radical (unpaired) electrons. The van der Waals surface area contributed by atoms with Crippen LogP contribution in [0.5, 0.6) is 0 Å². The normalized spacial score (nSPS) is 19.4. The van der Waals surface area contributed by atoms with Gasteiger partial charge in [0.25, 0.3) is 0 Å². The second kappa shape index (κ2) is 6.10. The van der Waals surface area contributed by atoms with Gasteiger partial charge in [-0.2, -0.15) is 5.10 Å². The van der Waals surface area contributed by atoms with Crippen molar-refractivity contribution in [1.29, 1.82) is 0 Å². The van der Waals surface area contributed by atoms with Gasteiger partial charge in [-0.25, -0.2) is 9.97 Å². The molecule has 0 N–H and O–H groups in total. The molecule has 1 atom stereocenters. The van der Waals surface area contributed by atoms with Crippen LogP contribution in [0.1, 0.15) is 5.82 Å². The quantitative estimate of drug-likeness (QED) is 0.721. The van der Waals surface area contributed by atoms with E-state index in [1.54, 1.807) is 12.7 Å². The smallest absolute Gasteiger partial charge is 0.137 e. The molecule has 0 unspecified atom stereocenters. The van der Waals surface area contributed by atoms with Crippen LogP contribution >= 0.6 is 0 Å². The molecule has 3 aromatic rings. The molecule has 1 fully saturated rings. The minimum Gasteiger partial charge on any atom is -0.374 e. The maximum absolute atomic E-state index is 5.85. The Balaban J connectivity index is 1.46. The second-order valence-electron chi connectivity index (χ2n) is 5.92. The van der Waals surface area contributed by atoms with Gasteiger partial charge in [-0.3, -0.25) is 9.58 Å². The van der Waals surface area contributed by atoms with Crippen LogP contribution < -0.4 is 0 Å². The zero-order valence-electron chi connectivity index (χ0n) is 13.2. The number of ether oxygens (including phenoxy) is 1. The summed E-state index contributed by atoms with van der Waals surface area (Å²) in [6.45, 7) is 4.12. The fourth-order valence-electron chi connectivity index (χ4n) is 3.11. The Kier molecular flexibility index (Phi) is 3.80. The molecule has 1 aliphatic rings. The van der Waals surface area contributed by atoms with Gasteiger partial charge in [0.1, 0.15) is 18.5 Å². The van der Waals surface area contributed by atoms with E-state index in [-0.39, 0.29) is 6.10 Å². The Hall–Kier alpha value is -2.25. The molecule has 7 nitrogen and oxygen atoms in total. The van der Waals surface area contributed by atoms with Gasteiger partial charge in [-0.15, -0.1) is 0 Å². The largest absolute Gasteiger partial charge is 0.374 e. The van der Waals surface area contributed by atoms with Crippen molar-refractivity contribution in [2.75, 3.05) is 19.7 Å². The number of morpholine rings is 1. The number of aromatic nitrogens is 5. The van der Waals surface area contributed by atoms with Gasteiger partial charge in [0.2, 0.25) is 0 Å². The molecular formula is C16H20N6O. The van der Waals surface area contributed by atoms with Crippen LogP contribution in [-0.2, 0) is 24.9 Å². The highest BCUT2D eigenvalue weighted by Gasteiger charge is 2.22. The summed E-state index contributed by atoms with van der Waals surface area (Å²) in [5.41, 5.74) is 2.23. The SMILES string of the molecule is Cn1c(CN2CCO[C@@H](Cn3cncn3)C2)nc2ccccc21. The average Bonchev–Trinajstić information content (AvgIpc) is 3.17. The summed E-state index contributed by atoms with van der Waals surface area (Å²) in [5.74, 6) is 1.09. The lowest BCUT2D eigenvalue weighted by molar-refractivity contribution is -0.0411. The molecule has 2 aromatic heterocycles. The summed E-state index contributed by atoms with van der Waals surface area (Å²) in [6.07, 6.45) is 3.42. The number of benzene rings is 1. The summed E-state index contributed by atoms with van der Waals surface area (Å²) in [5, 5.41) is 4.15. The lowest BCUT2D eigenvalue weighted by Gasteiger charge is -2.32. The van der Waals surface area contributed by atoms with Gasteiger partial charge < -0.3 is 9.30 Å². The summed E-state index contributed by atoms with van der Waals surface area (Å²) in [6, 6.07) is 8.25. The Labute approximate surface area is 134 Å². The van der Waals surface area contributed by atoms with Crippen molar-refractivity contribution < 1.29 is 4.74 Å². The predicted molar refractivity (Wildman–Crippen MR) is 85.8 cm³/mol. The minimum atomic E-state index is 0.139. The molecule has 23 heavy (non-hydrogen) atoms. The molecule has 1 aromatic carbocycles. The maximum atomic E-state index is 5.85. The minimum absolute atomic E-state index is 0.139. The highest BCUT2D eigenvalue weighted by atomic mass is 16.5. The number of nitrogens with zero attached hydrogens (tertiary/aromatic N) is 6. The van der Waals surface area contributed by atoms with Crippen LogP contribution in [0.3, 0.4) is 0 Å². The summed E-state index contributed by atoms with van der Waals surface area (Å²) < 4.78 is 9.85. The molecule has 0 amide bonds. The highest BCUT2D eigenvalue weighted by Crippen LogP contribution is 2.17. The van der Waals surface area contributed by atoms with Crippen molar-refractivity contribution in [3.63, 3.8) is 0 Å². The average molecular weight is 312 g/mol. The molecule has 0 spiro atoms. The first-order chi connectivity index (χ1) is 11.3. The third-order valence-corrected chi connectivity index (χ3v) is 4.32. The summed E-state index contributed by atoms with van der Waals surface area (Å²) in [7, 11) is 2.08. The number of aryl methyl sites for hydroxylation is 1. The van der Waals surface area contributed by atoms with Gasteiger partial charge in [0.05, 0.1) is 36.8 Å². The highest BCUT2D eigenvalue weighted by molar-refractivity contribution is 5.75. The molecule has 3 heterocycles. The van der Waals surface area contributed by atoms with E-state index in [1.807, 2.05) is 10.7 Å². The summed E-state index contributed by atoms with van der Waals surface area (Å²) in [4.78, 5) is 11.1. The predicted octanol–water partition coefficient (Wildman–Crippen LogP) is 1.07. The summed E-state index contributed by atoms with van der Waals surface area (Å²) >= 11 is 0. The molecule has 120 valence electrons. The number of fused-ring (bicyclic) bond motifs is 1. The number of hydrogen-bond acceptors (Lipinski definition) is 5. The molecule has 1 aliphatic heterocycles. The first kappa shape index (κ1) is 14.3. The first-order valence-electron chi connectivity index (χ1n) is 7.86. The van der Waals surface area contributed by atoms with Gasteiger partial charge in [0.15, 0.2) is 0 Å². The Bertz CT molecular complexity index is 781. The lowest BCUT2D eigenvalue weighted by Crippen LogP contribution is -2.44. The van der Waals surface area contributed by atoms with Gasteiger partial charge >= 0.3 is 0 Å². The standard InChI is InChI=1S/C16H20N6O/c1-20-15-5-3-2-4-14(15)19-16(20)10-21-6-7-23-13(8-21)9-22-12-17-11-18-22/h2-5,11-13H,6-10H2,1H3/t13-/m1/s1. The fourth-order valence-corrected chi connectivity index (χ4v) is 3.11. The Morgan fingerprint density at radius 2 is 2.22 bits per heavy atom. The molecular weight excluding hydrogens is 292 g/mol. The van der Waals surface area contributed by atoms with E-state index in [0.717, 1.165) is 44.1 Å². The van der Waals surface area contributed by atoms with Crippen LogP contribution in [0.15, 0.2) is 36.9 Å². The second-order valence-corrected chi connectivity index (χ2v) is 5.92. The zero-order valence-corrected chi connectivity index (χ0v) is 13.2. The molecule has 4 rings (SSSR count). The first-order valence-corrected chi connectivity index (χ1v) is 7.86. The van der Waals surface area contributed by atoms with E-state index in [4.69, 9.17) is 9.72 Å². The molecule has 1 saturated heterocycles. The Morgan fingerprint density at radius 1 is 1.30 bits per heavy atom. The van der Waals surface area contributed by atoms with Crippen LogP contribution in [-0.4, -0.2) is 55.0 Å². The van der Waals surface area contributed by atoms with E-state index < -0.39 is 0 Å². The molecule has 0 aliphatic carbocycles. The van der Waals surface area contributed by atoms with E-state index in [9.17, 15) is 0 Å². The lowest BCUT2D eigenvalue weighted by atomic mass is 10.2. The van der Waals surface area contributed by atoms with Crippen molar-refractivity contribution in [3.8, 4) is 0 Å². The van der Waals surface area contributed by atoms with Crippen LogP contribution in [0.2, 0.25) is 0 Å². The van der Waals surface area contributed by atoms with E-state index >= 15 is 0 Å². The zero-order chi connectivity index (χ0) is 15.6. The van der Waals surface area contributed by atoms with E-state index in [1.165, 1.54) is 5.52 Å². The van der Waals surface area contributed by atoms with E-state index in [2.05, 4.69) is 44.8 Å². The number of para-hydroxylation sites is 2. The van der Waals surface area contributed by atoms with E-state index in [0.29, 0.717) is 0 Å². The maximum Gasteiger partial charge on any atom is 0.137 e. The molecule has 0 saturated carbocycles. The molecule has 0 bridgehead atoms. The molecule has 7 heteroatoms. The van der Waals surface area contributed by atoms with Crippen LogP contribution in [0.4, 0.5) is 0 Å². The van der Waals surface area contributed by atoms with Crippen molar-refractivity contribution in [2.24, 2.45) is 7.05 Å². The number of hydrogen-bond donors (Lipinski definition) is 0. The topological polar surface area (TPSA) is 61.0 Å². The van der Waals surface area contributed by atoms with Crippen molar-refractivity contribution >= 4 is 11.0 Å². The van der Waals surface area contributed by atoms with Gasteiger partial charge in [-0.1, -0.05) is 12.1 Å². The van der Waals surface area contributed by atoms with Crippen LogP contribution in [0, 0.1) is 0 Å². The van der Waals surface area contributed by atoms with Crippen LogP contribution in [0.25, 0.3) is 11.0 Å². The third-order valence-electron chi connectivity index (χ3n) is 4.32. The van der Waals surface area contributed by atoms with Crippen molar-refractivity contribution in [2.45, 2.75) is 19.2 Å². The van der Waals surface area contributed by atoms with Crippen molar-refractivity contribution in [1.82, 2.24) is 29.2 Å². The Morgan fingerprint density at radius 3 is 3.04 bits per heavy atom. The number of rotatable bonds is 4. The monoisotopic (exact) mass is 312 g/mol. The fraction of sp³-hybridized carbons (Fsp3) is 0.438. The van der Waals surface area contributed by atoms with Crippen molar-refractivity contribution in [3.05, 3.63) is 42.7 Å². The van der Waals surface area contributed by atoms with Gasteiger partial charge in [-0.05, 0) is 12.1 Å². The van der Waals surface area contributed by atoms with Gasteiger partial charge in [0, 0.05) is 20.1 Å². The third kappa shape index (κ3) is 2.97. The number of imidazole rings is 1.